The fourth-order valence-electron chi connectivity index (χ4n) is 4.41. The molecule has 16 N–H and O–H groups in total. The van der Waals surface area contributed by atoms with Gasteiger partial charge in [-0.1, -0.05) is 0 Å². The summed E-state index contributed by atoms with van der Waals surface area (Å²) in [4.78, 5) is 0. The van der Waals surface area contributed by atoms with Crippen molar-refractivity contribution in [1.29, 1.82) is 0 Å². The second-order valence-corrected chi connectivity index (χ2v) is 8.84. The number of nitrogens with two attached hydrogens (primary N) is 5. The average Bonchev–Trinajstić information content (AvgIpc) is 2.79. The first-order valence-corrected chi connectivity index (χ1v) is 10.9. The summed E-state index contributed by atoms with van der Waals surface area (Å²) in [6, 6.07) is -2.80. The van der Waals surface area contributed by atoms with Crippen LogP contribution in [0.3, 0.4) is 0 Å². The van der Waals surface area contributed by atoms with Crippen molar-refractivity contribution in [2.75, 3.05) is 13.1 Å². The monoisotopic (exact) mass is 483 g/mol. The molecular formula is C18H37N5O10. The van der Waals surface area contributed by atoms with Gasteiger partial charge >= 0.3 is 0 Å². The summed E-state index contributed by atoms with van der Waals surface area (Å²) >= 11 is 0. The third-order valence-electron chi connectivity index (χ3n) is 6.53. The second-order valence-electron chi connectivity index (χ2n) is 8.84. The van der Waals surface area contributed by atoms with E-state index in [-0.39, 0.29) is 19.5 Å². The predicted octanol–water partition coefficient (Wildman–Crippen LogP) is -7.33. The lowest BCUT2D eigenvalue weighted by Crippen LogP contribution is -2.69. The normalized spacial score (nSPS) is 53.7. The molecule has 0 spiro atoms. The van der Waals surface area contributed by atoms with Crippen molar-refractivity contribution < 1.29 is 49.6 Å². The zero-order chi connectivity index (χ0) is 24.6. The van der Waals surface area contributed by atoms with Gasteiger partial charge in [-0.15, -0.1) is 0 Å². The van der Waals surface area contributed by atoms with Crippen LogP contribution in [-0.4, -0.2) is 135 Å². The molecule has 2 saturated heterocycles. The third-order valence-corrected chi connectivity index (χ3v) is 6.53. The standard InChI is InChI=1S/C18H37N5O10/c19-2-6-10(25)12(27)8(23)17(30-6)32-15-5(22)1-4(21)9(24)16(15)33-18-14(29)13(28)11(26)7(3-20)31-18/h4-18,24-29H,1-3,19-23H2/t4-,5+,6-,7+,8-,9+,10-,11-,12-,13-,14-,15-,16-,17-,18+/m1/s1. The van der Waals surface area contributed by atoms with E-state index in [9.17, 15) is 30.6 Å². The maximum Gasteiger partial charge on any atom is 0.187 e. The maximum atomic E-state index is 10.7. The summed E-state index contributed by atoms with van der Waals surface area (Å²) in [6.45, 7) is -0.305. The van der Waals surface area contributed by atoms with E-state index in [1.54, 1.807) is 0 Å². The molecule has 1 aliphatic carbocycles. The van der Waals surface area contributed by atoms with Crippen LogP contribution < -0.4 is 28.7 Å². The highest BCUT2D eigenvalue weighted by Crippen LogP contribution is 2.31. The Morgan fingerprint density at radius 2 is 1.12 bits per heavy atom. The SMILES string of the molecule is NC[C@@H]1O[C@@H](O[C@@H]2[C@@H](O)[C@H](N)C[C@H](N)[C@H]2O[C@H]2O[C@H](CN)[C@@H](O)[C@H](O)[C@H]2N)[C@H](O)[C@H](O)[C@@H]1O. The lowest BCUT2D eigenvalue weighted by molar-refractivity contribution is -0.338. The molecule has 1 saturated carbocycles. The molecular weight excluding hydrogens is 446 g/mol. The summed E-state index contributed by atoms with van der Waals surface area (Å²) in [7, 11) is 0. The van der Waals surface area contributed by atoms with Gasteiger partial charge in [0, 0.05) is 25.2 Å². The molecule has 0 aromatic carbocycles. The van der Waals surface area contributed by atoms with E-state index in [1.165, 1.54) is 0 Å². The average molecular weight is 484 g/mol. The van der Waals surface area contributed by atoms with Crippen molar-refractivity contribution in [3.63, 3.8) is 0 Å². The molecule has 15 atom stereocenters. The van der Waals surface area contributed by atoms with Crippen molar-refractivity contribution in [3.8, 4) is 0 Å². The van der Waals surface area contributed by atoms with E-state index in [0.717, 1.165) is 0 Å². The molecule has 0 radical (unpaired) electrons. The minimum atomic E-state index is -1.68. The molecule has 3 aliphatic rings. The summed E-state index contributed by atoms with van der Waals surface area (Å²) in [6.07, 6.45) is -15.9. The minimum absolute atomic E-state index is 0.125. The highest BCUT2D eigenvalue weighted by atomic mass is 16.7. The Morgan fingerprint density at radius 3 is 1.70 bits per heavy atom. The van der Waals surface area contributed by atoms with E-state index < -0.39 is 91.7 Å². The molecule has 0 amide bonds. The van der Waals surface area contributed by atoms with E-state index in [0.29, 0.717) is 0 Å². The van der Waals surface area contributed by atoms with Crippen LogP contribution in [-0.2, 0) is 18.9 Å². The predicted molar refractivity (Wildman–Crippen MR) is 110 cm³/mol. The van der Waals surface area contributed by atoms with Crippen LogP contribution in [0, 0.1) is 0 Å². The number of hydrogen-bond acceptors (Lipinski definition) is 15. The lowest BCUT2D eigenvalue weighted by atomic mass is 9.84. The van der Waals surface area contributed by atoms with Crippen molar-refractivity contribution >= 4 is 0 Å². The fraction of sp³-hybridized carbons (Fsp3) is 1.00. The Labute approximate surface area is 190 Å². The first-order valence-electron chi connectivity index (χ1n) is 10.9. The van der Waals surface area contributed by atoms with E-state index in [2.05, 4.69) is 0 Å². The molecule has 2 aliphatic heterocycles. The van der Waals surface area contributed by atoms with Crippen molar-refractivity contribution in [1.82, 2.24) is 0 Å². The van der Waals surface area contributed by atoms with Crippen LogP contribution in [0.15, 0.2) is 0 Å². The van der Waals surface area contributed by atoms with Crippen LogP contribution >= 0.6 is 0 Å². The quantitative estimate of drug-likeness (QED) is 0.167. The van der Waals surface area contributed by atoms with Crippen molar-refractivity contribution in [2.45, 2.75) is 98.2 Å². The molecule has 3 fully saturated rings. The van der Waals surface area contributed by atoms with E-state index >= 15 is 0 Å². The summed E-state index contributed by atoms with van der Waals surface area (Å²) < 4.78 is 22.7. The number of hydrogen-bond donors (Lipinski definition) is 11. The van der Waals surface area contributed by atoms with Gasteiger partial charge in [-0.2, -0.15) is 0 Å². The first-order chi connectivity index (χ1) is 15.5. The van der Waals surface area contributed by atoms with Gasteiger partial charge < -0.3 is 78.3 Å². The Balaban J connectivity index is 1.80. The summed E-state index contributed by atoms with van der Waals surface area (Å²) in [5.74, 6) is 0. The van der Waals surface area contributed by atoms with Crippen molar-refractivity contribution in [3.05, 3.63) is 0 Å². The zero-order valence-electron chi connectivity index (χ0n) is 18.0. The Bertz CT molecular complexity index is 635. The second kappa shape index (κ2) is 11.0. The topological polar surface area (TPSA) is 288 Å². The van der Waals surface area contributed by atoms with Gasteiger partial charge in [0.15, 0.2) is 12.6 Å². The smallest absolute Gasteiger partial charge is 0.187 e. The molecule has 0 bridgehead atoms. The number of aliphatic hydroxyl groups is 6. The van der Waals surface area contributed by atoms with Crippen LogP contribution in [0.2, 0.25) is 0 Å². The molecule has 0 aromatic heterocycles. The molecule has 2 heterocycles. The summed E-state index contributed by atoms with van der Waals surface area (Å²) in [5, 5.41) is 61.5. The van der Waals surface area contributed by atoms with Crippen LogP contribution in [0.25, 0.3) is 0 Å². The van der Waals surface area contributed by atoms with Gasteiger partial charge in [-0.3, -0.25) is 0 Å². The molecule has 0 unspecified atom stereocenters. The van der Waals surface area contributed by atoms with E-state index in [4.69, 9.17) is 47.6 Å². The number of aliphatic hydroxyl groups excluding tert-OH is 6. The fourth-order valence-corrected chi connectivity index (χ4v) is 4.41. The Hall–Kier alpha value is -0.600. The van der Waals surface area contributed by atoms with Gasteiger partial charge in [-0.05, 0) is 6.42 Å². The zero-order valence-corrected chi connectivity index (χ0v) is 18.0. The van der Waals surface area contributed by atoms with E-state index in [1.807, 2.05) is 0 Å². The first kappa shape index (κ1) is 27.0. The summed E-state index contributed by atoms with van der Waals surface area (Å²) in [5.41, 5.74) is 29.3. The molecule has 3 rings (SSSR count). The maximum absolute atomic E-state index is 10.7. The van der Waals surface area contributed by atoms with Gasteiger partial charge in [0.2, 0.25) is 0 Å². The molecule has 15 heteroatoms. The van der Waals surface area contributed by atoms with Gasteiger partial charge in [0.25, 0.3) is 0 Å². The largest absolute Gasteiger partial charge is 0.389 e. The third kappa shape index (κ3) is 5.32. The highest BCUT2D eigenvalue weighted by Gasteiger charge is 2.51. The highest BCUT2D eigenvalue weighted by molar-refractivity contribution is 5.01. The molecule has 33 heavy (non-hydrogen) atoms. The Kier molecular flexibility index (Phi) is 8.99. The number of ether oxygens (including phenoxy) is 4. The van der Waals surface area contributed by atoms with Crippen molar-refractivity contribution in [2.24, 2.45) is 28.7 Å². The lowest BCUT2D eigenvalue weighted by Gasteiger charge is -2.48. The molecule has 15 nitrogen and oxygen atoms in total. The van der Waals surface area contributed by atoms with Gasteiger partial charge in [-0.25, -0.2) is 0 Å². The number of rotatable bonds is 6. The van der Waals surface area contributed by atoms with Gasteiger partial charge in [0.1, 0.15) is 54.9 Å². The Morgan fingerprint density at radius 1 is 0.606 bits per heavy atom. The van der Waals surface area contributed by atoms with Gasteiger partial charge in [0.05, 0.1) is 12.1 Å². The molecule has 194 valence electrons. The van der Waals surface area contributed by atoms with Crippen LogP contribution in [0.5, 0.6) is 0 Å². The van der Waals surface area contributed by atoms with Crippen LogP contribution in [0.1, 0.15) is 6.42 Å². The minimum Gasteiger partial charge on any atom is -0.389 e. The van der Waals surface area contributed by atoms with Crippen LogP contribution in [0.4, 0.5) is 0 Å². The molecule has 0 aromatic rings.